The number of rotatable bonds is 5. The first-order chi connectivity index (χ1) is 14.8. The van der Waals surface area contributed by atoms with Crippen LogP contribution >= 0.6 is 0 Å². The number of aromatic nitrogens is 3. The van der Waals surface area contributed by atoms with Crippen LogP contribution in [0.2, 0.25) is 0 Å². The molecule has 2 aromatic heterocycles. The summed E-state index contributed by atoms with van der Waals surface area (Å²) in [5.41, 5.74) is 3.23. The van der Waals surface area contributed by atoms with Crippen LogP contribution in [0, 0.1) is 20.8 Å². The predicted octanol–water partition coefficient (Wildman–Crippen LogP) is 2.36. The number of aromatic carboxylic acids is 1. The molecule has 0 radical (unpaired) electrons. The van der Waals surface area contributed by atoms with Gasteiger partial charge in [-0.25, -0.2) is 4.68 Å². The van der Waals surface area contributed by atoms with Crippen molar-refractivity contribution in [2.24, 2.45) is 0 Å². The molecular formula is C24H20N3O4-. The van der Waals surface area contributed by atoms with Crippen molar-refractivity contribution in [3.05, 3.63) is 93.2 Å². The molecule has 0 fully saturated rings. The van der Waals surface area contributed by atoms with Crippen LogP contribution < -0.4 is 10.7 Å². The van der Waals surface area contributed by atoms with Crippen LogP contribution in [0.25, 0.3) is 16.5 Å². The lowest BCUT2D eigenvalue weighted by Crippen LogP contribution is -2.32. The zero-order valence-corrected chi connectivity index (χ0v) is 17.4. The Bertz CT molecular complexity index is 1400. The minimum absolute atomic E-state index is 0.176. The molecule has 2 aromatic carbocycles. The smallest absolute Gasteiger partial charge is 0.275 e. The normalized spacial score (nSPS) is 11.1. The maximum Gasteiger partial charge on any atom is 0.275 e. The molecule has 7 nitrogen and oxygen atoms in total. The number of benzene rings is 2. The van der Waals surface area contributed by atoms with E-state index < -0.39 is 11.5 Å². The molecule has 4 rings (SSSR count). The molecular weight excluding hydrogens is 394 g/mol. The number of hydrogen-bond donors (Lipinski definition) is 0. The summed E-state index contributed by atoms with van der Waals surface area (Å²) in [5.74, 6) is -1.84. The van der Waals surface area contributed by atoms with Gasteiger partial charge in [-0.3, -0.25) is 9.59 Å². The van der Waals surface area contributed by atoms with Crippen molar-refractivity contribution in [1.29, 1.82) is 0 Å². The van der Waals surface area contributed by atoms with Crippen molar-refractivity contribution in [1.82, 2.24) is 14.3 Å². The third-order valence-electron chi connectivity index (χ3n) is 5.38. The van der Waals surface area contributed by atoms with Crippen LogP contribution in [-0.2, 0) is 6.54 Å². The van der Waals surface area contributed by atoms with Gasteiger partial charge >= 0.3 is 0 Å². The molecule has 156 valence electrons. The molecule has 0 N–H and O–H groups in total. The van der Waals surface area contributed by atoms with Crippen LogP contribution in [-0.4, -0.2) is 26.1 Å². The van der Waals surface area contributed by atoms with Gasteiger partial charge in [0.1, 0.15) is 12.2 Å². The first-order valence-corrected chi connectivity index (χ1v) is 9.78. The van der Waals surface area contributed by atoms with Gasteiger partial charge in [0.25, 0.3) is 5.56 Å². The summed E-state index contributed by atoms with van der Waals surface area (Å²) < 4.78 is 2.86. The number of Topliss-reactive ketones (excluding diaryl/α,β-unsaturated/α-hetero) is 1. The molecule has 7 heteroatoms. The van der Waals surface area contributed by atoms with Crippen molar-refractivity contribution in [3.8, 4) is 5.69 Å². The van der Waals surface area contributed by atoms with Gasteiger partial charge in [-0.05, 0) is 45.0 Å². The highest BCUT2D eigenvalue weighted by molar-refractivity contribution is 6.01. The van der Waals surface area contributed by atoms with Gasteiger partial charge < -0.3 is 14.5 Å². The average Bonchev–Trinajstić information content (AvgIpc) is 3.04. The summed E-state index contributed by atoms with van der Waals surface area (Å²) >= 11 is 0. The topological polar surface area (TPSA) is 97.0 Å². The van der Waals surface area contributed by atoms with Crippen LogP contribution in [0.1, 0.15) is 37.8 Å². The van der Waals surface area contributed by atoms with E-state index in [1.165, 1.54) is 12.1 Å². The molecule has 0 aliphatic rings. The Morgan fingerprint density at radius 1 is 0.968 bits per heavy atom. The Hall–Kier alpha value is -4.00. The lowest BCUT2D eigenvalue weighted by atomic mass is 10.1. The zero-order valence-electron chi connectivity index (χ0n) is 17.4. The van der Waals surface area contributed by atoms with Gasteiger partial charge in [-0.2, -0.15) is 5.10 Å². The molecule has 0 atom stereocenters. The molecule has 0 aliphatic carbocycles. The highest BCUT2D eigenvalue weighted by atomic mass is 16.4. The second kappa shape index (κ2) is 7.68. The van der Waals surface area contributed by atoms with E-state index in [2.05, 4.69) is 5.10 Å². The quantitative estimate of drug-likeness (QED) is 0.467. The molecule has 0 bridgehead atoms. The average molecular weight is 414 g/mol. The van der Waals surface area contributed by atoms with E-state index in [-0.39, 0.29) is 28.8 Å². The van der Waals surface area contributed by atoms with Crippen LogP contribution in [0.4, 0.5) is 0 Å². The van der Waals surface area contributed by atoms with E-state index in [1.54, 1.807) is 18.2 Å². The summed E-state index contributed by atoms with van der Waals surface area (Å²) in [4.78, 5) is 37.4. The summed E-state index contributed by atoms with van der Waals surface area (Å²) in [6, 6.07) is 16.0. The second-order valence-electron chi connectivity index (χ2n) is 7.52. The summed E-state index contributed by atoms with van der Waals surface area (Å²) in [6.45, 7) is 5.37. The van der Waals surface area contributed by atoms with E-state index in [4.69, 9.17) is 0 Å². The Labute approximate surface area is 178 Å². The molecule has 2 heterocycles. The number of fused-ring (bicyclic) bond motifs is 1. The lowest BCUT2D eigenvalue weighted by Gasteiger charge is -2.12. The molecule has 0 saturated heterocycles. The fourth-order valence-electron chi connectivity index (χ4n) is 3.85. The van der Waals surface area contributed by atoms with Gasteiger partial charge in [0, 0.05) is 28.0 Å². The van der Waals surface area contributed by atoms with E-state index in [9.17, 15) is 19.5 Å². The zero-order chi connectivity index (χ0) is 22.3. The Morgan fingerprint density at radius 2 is 1.61 bits per heavy atom. The fourth-order valence-corrected chi connectivity index (χ4v) is 3.85. The SMILES string of the molecule is Cc1ccc(-n2c(C)cc(C(=O)Cn3nc(C(=O)[O-])c4ccccc4c3=O)c2C)cc1. The molecule has 0 amide bonds. The summed E-state index contributed by atoms with van der Waals surface area (Å²) in [5, 5.41) is 15.8. The van der Waals surface area contributed by atoms with Gasteiger partial charge in [0.05, 0.1) is 11.4 Å². The molecule has 0 aliphatic heterocycles. The monoisotopic (exact) mass is 414 g/mol. The highest BCUT2D eigenvalue weighted by Gasteiger charge is 2.19. The maximum atomic E-state index is 13.1. The molecule has 0 spiro atoms. The lowest BCUT2D eigenvalue weighted by molar-refractivity contribution is -0.255. The standard InChI is InChI=1S/C24H21N3O4/c1-14-8-10-17(11-9-14)27-15(2)12-20(16(27)3)21(28)13-26-23(29)19-7-5-4-6-18(19)22(25-26)24(30)31/h4-12H,13H2,1-3H3,(H,30,31)/p-1. The van der Waals surface area contributed by atoms with E-state index in [0.717, 1.165) is 27.3 Å². The first-order valence-electron chi connectivity index (χ1n) is 9.78. The van der Waals surface area contributed by atoms with Gasteiger partial charge in [-0.1, -0.05) is 35.9 Å². The van der Waals surface area contributed by atoms with Crippen molar-refractivity contribution < 1.29 is 14.7 Å². The van der Waals surface area contributed by atoms with Crippen molar-refractivity contribution in [2.45, 2.75) is 27.3 Å². The molecule has 31 heavy (non-hydrogen) atoms. The minimum atomic E-state index is -1.50. The Balaban J connectivity index is 1.76. The molecule has 0 unspecified atom stereocenters. The largest absolute Gasteiger partial charge is 0.543 e. The maximum absolute atomic E-state index is 13.1. The fraction of sp³-hybridized carbons (Fsp3) is 0.167. The summed E-state index contributed by atoms with van der Waals surface area (Å²) in [7, 11) is 0. The highest BCUT2D eigenvalue weighted by Crippen LogP contribution is 2.22. The number of carboxylic acids is 1. The Morgan fingerprint density at radius 3 is 2.26 bits per heavy atom. The van der Waals surface area contributed by atoms with Crippen molar-refractivity contribution in [2.75, 3.05) is 0 Å². The van der Waals surface area contributed by atoms with Gasteiger partial charge in [0.15, 0.2) is 5.78 Å². The van der Waals surface area contributed by atoms with Crippen LogP contribution in [0.15, 0.2) is 59.4 Å². The third kappa shape index (κ3) is 3.54. The van der Waals surface area contributed by atoms with Crippen LogP contribution in [0.5, 0.6) is 0 Å². The van der Waals surface area contributed by atoms with E-state index in [0.29, 0.717) is 5.56 Å². The minimum Gasteiger partial charge on any atom is -0.543 e. The molecule has 0 saturated carbocycles. The molecule has 4 aromatic rings. The van der Waals surface area contributed by atoms with Crippen molar-refractivity contribution >= 4 is 22.5 Å². The van der Waals surface area contributed by atoms with Crippen LogP contribution in [0.3, 0.4) is 0 Å². The number of carbonyl (C=O) groups excluding carboxylic acids is 2. The van der Waals surface area contributed by atoms with Gasteiger partial charge in [0.2, 0.25) is 0 Å². The number of carboxylic acid groups (broad SMARTS) is 1. The Kier molecular flexibility index (Phi) is 5.02. The number of nitrogens with zero attached hydrogens (tertiary/aromatic N) is 3. The number of carbonyl (C=O) groups is 2. The predicted molar refractivity (Wildman–Crippen MR) is 115 cm³/mol. The van der Waals surface area contributed by atoms with Crippen molar-refractivity contribution in [3.63, 3.8) is 0 Å². The van der Waals surface area contributed by atoms with E-state index >= 15 is 0 Å². The third-order valence-corrected chi connectivity index (χ3v) is 5.38. The number of hydrogen-bond acceptors (Lipinski definition) is 5. The summed E-state index contributed by atoms with van der Waals surface area (Å²) in [6.07, 6.45) is 0. The second-order valence-corrected chi connectivity index (χ2v) is 7.52. The first kappa shape index (κ1) is 20.3. The van der Waals surface area contributed by atoms with Gasteiger partial charge in [-0.15, -0.1) is 0 Å². The number of aryl methyl sites for hydroxylation is 2. The number of ketones is 1. The van der Waals surface area contributed by atoms with E-state index in [1.807, 2.05) is 49.6 Å².